The van der Waals surface area contributed by atoms with E-state index < -0.39 is 129 Å². The normalized spacial score (nSPS) is 17.6. The fourth-order valence-electron chi connectivity index (χ4n) is 7.74. The number of halogens is 11. The van der Waals surface area contributed by atoms with Gasteiger partial charge in [0.15, 0.2) is 5.82 Å². The minimum absolute atomic E-state index is 0.0587. The molecule has 0 spiro atoms. The molecule has 1 unspecified atom stereocenters. The highest BCUT2D eigenvalue weighted by Crippen LogP contribution is 2.68. The topological polar surface area (TPSA) is 146 Å². The highest BCUT2D eigenvalue weighted by Gasteiger charge is 2.67. The Morgan fingerprint density at radius 2 is 1.75 bits per heavy atom. The Morgan fingerprint density at radius 3 is 2.40 bits per heavy atom. The van der Waals surface area contributed by atoms with E-state index in [1.54, 1.807) is 0 Å². The molecule has 3 atom stereocenters. The monoisotopic (exact) mass is 950 g/mol. The van der Waals surface area contributed by atoms with Crippen LogP contribution >= 0.6 is 27.5 Å². The molecule has 1 saturated carbocycles. The van der Waals surface area contributed by atoms with Crippen LogP contribution in [0, 0.1) is 17.6 Å². The fourth-order valence-corrected chi connectivity index (χ4v) is 8.83. The molecule has 3 aromatic carbocycles. The SMILES string of the molecule is CS(=O)(=O)Nc1nn(CC(F)(F)F)c2c(-n3c([C@H](Cc4cc(F)cc(F)c4)NC(=O)Cn4nc(C(F)F)c5c4C(F)(F)C4C[C@H]54)nc4cc(Br)ccc4c3=O)ccc(Cl)c12. The van der Waals surface area contributed by atoms with E-state index in [-0.39, 0.29) is 33.5 Å². The van der Waals surface area contributed by atoms with Crippen molar-refractivity contribution in [3.8, 4) is 5.69 Å². The zero-order valence-electron chi connectivity index (χ0n) is 30.1. The third-order valence-corrected chi connectivity index (χ3v) is 11.4. The van der Waals surface area contributed by atoms with Gasteiger partial charge in [-0.15, -0.1) is 0 Å². The highest BCUT2D eigenvalue weighted by atomic mass is 79.9. The first-order chi connectivity index (χ1) is 28.0. The lowest BCUT2D eigenvalue weighted by molar-refractivity contribution is -0.141. The van der Waals surface area contributed by atoms with Crippen LogP contribution in [0.4, 0.5) is 45.3 Å². The van der Waals surface area contributed by atoms with E-state index in [1.807, 2.05) is 4.72 Å². The quantitative estimate of drug-likeness (QED) is 0.126. The molecule has 2 aliphatic carbocycles. The maximum Gasteiger partial charge on any atom is 0.408 e. The summed E-state index contributed by atoms with van der Waals surface area (Å²) in [6.07, 6.45) is -8.23. The smallest absolute Gasteiger partial charge is 0.344 e. The van der Waals surface area contributed by atoms with Crippen molar-refractivity contribution in [3.63, 3.8) is 0 Å². The summed E-state index contributed by atoms with van der Waals surface area (Å²) >= 11 is 9.72. The lowest BCUT2D eigenvalue weighted by Gasteiger charge is -2.24. The van der Waals surface area contributed by atoms with Gasteiger partial charge in [0.05, 0.1) is 44.8 Å². The van der Waals surface area contributed by atoms with E-state index in [1.165, 1.54) is 18.2 Å². The van der Waals surface area contributed by atoms with Crippen LogP contribution in [0.5, 0.6) is 0 Å². The third-order valence-electron chi connectivity index (χ3n) is 10.0. The molecule has 0 bridgehead atoms. The minimum atomic E-state index is -4.99. The average Bonchev–Trinajstić information content (AvgIpc) is 3.64. The van der Waals surface area contributed by atoms with E-state index in [0.29, 0.717) is 26.2 Å². The van der Waals surface area contributed by atoms with E-state index in [9.17, 15) is 48.7 Å². The highest BCUT2D eigenvalue weighted by molar-refractivity contribution is 9.10. The number of anilines is 1. The molecule has 3 aromatic heterocycles. The summed E-state index contributed by atoms with van der Waals surface area (Å²) in [6.45, 7) is -2.93. The second-order valence-electron chi connectivity index (χ2n) is 14.3. The van der Waals surface area contributed by atoms with Gasteiger partial charge in [0, 0.05) is 28.4 Å². The van der Waals surface area contributed by atoms with Crippen LogP contribution in [0.3, 0.4) is 0 Å². The lowest BCUT2D eigenvalue weighted by Crippen LogP contribution is -2.38. The summed E-state index contributed by atoms with van der Waals surface area (Å²) in [5, 5.41) is 9.12. The second kappa shape index (κ2) is 14.5. The summed E-state index contributed by atoms with van der Waals surface area (Å²) < 4.78 is 159. The number of alkyl halides is 7. The van der Waals surface area contributed by atoms with Gasteiger partial charge >= 0.3 is 6.18 Å². The summed E-state index contributed by atoms with van der Waals surface area (Å²) in [6, 6.07) is 6.90. The first-order valence-corrected chi connectivity index (χ1v) is 20.5. The van der Waals surface area contributed by atoms with Crippen molar-refractivity contribution in [1.82, 2.24) is 34.4 Å². The Balaban J connectivity index is 1.35. The molecule has 0 aliphatic heterocycles. The molecule has 24 heteroatoms. The average molecular weight is 952 g/mol. The van der Waals surface area contributed by atoms with E-state index in [2.05, 4.69) is 36.4 Å². The van der Waals surface area contributed by atoms with Crippen molar-refractivity contribution < 1.29 is 52.7 Å². The molecule has 316 valence electrons. The van der Waals surface area contributed by atoms with Crippen LogP contribution in [0.2, 0.25) is 5.02 Å². The van der Waals surface area contributed by atoms with Crippen molar-refractivity contribution >= 4 is 71.1 Å². The van der Waals surface area contributed by atoms with Gasteiger partial charge in [-0.05, 0) is 60.4 Å². The molecule has 1 amide bonds. The Hall–Kier alpha value is -5.16. The molecule has 2 N–H and O–H groups in total. The van der Waals surface area contributed by atoms with Crippen LogP contribution in [-0.4, -0.2) is 55.9 Å². The van der Waals surface area contributed by atoms with Gasteiger partial charge in [0.1, 0.15) is 41.9 Å². The maximum absolute atomic E-state index is 15.4. The summed E-state index contributed by atoms with van der Waals surface area (Å²) in [7, 11) is -4.21. The van der Waals surface area contributed by atoms with Crippen molar-refractivity contribution in [1.29, 1.82) is 0 Å². The van der Waals surface area contributed by atoms with E-state index in [0.717, 1.165) is 28.8 Å². The van der Waals surface area contributed by atoms with Gasteiger partial charge in [-0.3, -0.25) is 28.2 Å². The van der Waals surface area contributed by atoms with Crippen LogP contribution in [-0.2, 0) is 40.3 Å². The molecule has 8 rings (SSSR count). The van der Waals surface area contributed by atoms with Gasteiger partial charge in [-0.2, -0.15) is 32.1 Å². The number of fused-ring (bicyclic) bond motifs is 5. The Morgan fingerprint density at radius 1 is 1.05 bits per heavy atom. The Bertz CT molecular complexity index is 2940. The Kier molecular flexibility index (Phi) is 10.0. The molecule has 6 aromatic rings. The molecule has 60 heavy (non-hydrogen) atoms. The maximum atomic E-state index is 15.4. The molecule has 3 heterocycles. The van der Waals surface area contributed by atoms with Gasteiger partial charge in [0.2, 0.25) is 15.9 Å². The number of carbonyl (C=O) groups is 1. The van der Waals surface area contributed by atoms with Crippen LogP contribution < -0.4 is 15.6 Å². The van der Waals surface area contributed by atoms with E-state index in [4.69, 9.17) is 11.6 Å². The van der Waals surface area contributed by atoms with Crippen molar-refractivity contribution in [2.75, 3.05) is 11.0 Å². The van der Waals surface area contributed by atoms with Gasteiger partial charge in [-0.25, -0.2) is 31.0 Å². The largest absolute Gasteiger partial charge is 0.408 e. The van der Waals surface area contributed by atoms with Gasteiger partial charge in [0.25, 0.3) is 17.9 Å². The molecule has 12 nitrogen and oxygen atoms in total. The first-order valence-electron chi connectivity index (χ1n) is 17.5. The molecule has 1 fully saturated rings. The first kappa shape index (κ1) is 41.6. The zero-order valence-corrected chi connectivity index (χ0v) is 33.3. The second-order valence-corrected chi connectivity index (χ2v) is 17.4. The van der Waals surface area contributed by atoms with Gasteiger partial charge < -0.3 is 5.32 Å². The summed E-state index contributed by atoms with van der Waals surface area (Å²) in [5.74, 6) is -10.3. The molecule has 2 aliphatic rings. The third kappa shape index (κ3) is 7.58. The van der Waals surface area contributed by atoms with Crippen molar-refractivity contribution in [3.05, 3.63) is 108 Å². The molecule has 0 radical (unpaired) electrons. The number of benzene rings is 3. The molecule has 0 saturated heterocycles. The van der Waals surface area contributed by atoms with Crippen LogP contribution in [0.15, 0.2) is 57.8 Å². The Labute approximate surface area is 344 Å². The van der Waals surface area contributed by atoms with E-state index >= 15 is 8.78 Å². The van der Waals surface area contributed by atoms with Crippen molar-refractivity contribution in [2.24, 2.45) is 5.92 Å². The molecular formula is C36H25BrClF9N8O4S. The number of rotatable bonds is 11. The number of nitrogens with one attached hydrogen (secondary N) is 2. The van der Waals surface area contributed by atoms with Crippen LogP contribution in [0.25, 0.3) is 27.5 Å². The number of nitrogens with zero attached hydrogens (tertiary/aromatic N) is 6. The summed E-state index contributed by atoms with van der Waals surface area (Å²) in [5.41, 5.74) is -4.37. The zero-order chi connectivity index (χ0) is 43.4. The lowest BCUT2D eigenvalue weighted by atomic mass is 10.0. The predicted molar refractivity (Wildman–Crippen MR) is 201 cm³/mol. The summed E-state index contributed by atoms with van der Waals surface area (Å²) in [4.78, 5) is 33.2. The predicted octanol–water partition coefficient (Wildman–Crippen LogP) is 7.81. The van der Waals surface area contributed by atoms with Crippen LogP contribution in [0.1, 0.15) is 53.1 Å². The number of amides is 1. The molecular weight excluding hydrogens is 927 g/mol. The fraction of sp³-hybridized carbons (Fsp3) is 0.306. The van der Waals surface area contributed by atoms with Crippen molar-refractivity contribution in [2.45, 2.75) is 56.4 Å². The minimum Gasteiger partial charge on any atom is -0.344 e. The standard InChI is InChI=1S/C36H25BrClF9N8O4S/c1-60(58,59)52-32-27-21(38)4-5-24(29(27)54(51-32)13-35(43,44)45)55-33(49-22-9-15(37)2-3-18(22)34(55)57)23(8-14-6-16(39)10-17(40)7-14)48-25(56)12-53-30-26(28(50-53)31(41)42)19-11-20(19)36(30,46)47/h2-7,9-10,19-20,23,31H,8,11-13H2,1H3,(H,48,56)(H,51,52)/t19-,20?,23-/m0/s1. The number of hydrogen-bond donors (Lipinski definition) is 2. The number of carbonyl (C=O) groups excluding carboxylic acids is 1. The number of aromatic nitrogens is 6. The van der Waals surface area contributed by atoms with Gasteiger partial charge in [-0.1, -0.05) is 27.5 Å². The number of hydrogen-bond acceptors (Lipinski definition) is 7. The number of sulfonamides is 1.